The van der Waals surface area contributed by atoms with E-state index in [-0.39, 0.29) is 41.4 Å². The summed E-state index contributed by atoms with van der Waals surface area (Å²) in [7, 11) is 1.33. The van der Waals surface area contributed by atoms with Crippen molar-refractivity contribution in [2.75, 3.05) is 26.8 Å². The Morgan fingerprint density at radius 3 is 2.70 bits per heavy atom. The minimum atomic E-state index is -3.00. The van der Waals surface area contributed by atoms with Gasteiger partial charge in [-0.3, -0.25) is 4.79 Å². The molecule has 2 aromatic rings. The van der Waals surface area contributed by atoms with Crippen molar-refractivity contribution in [3.8, 4) is 23.0 Å². The molecule has 202 valence electrons. The standard InChI is InChI=1S/C25H32F2N4O6/c1-14(28)21-20(22(32)29-12-17-5-3-4-10-31(17)25(33)34-2)30-23(37-21)16-8-9-18(36-24(26)27)19(11-16)35-13-15-6-7-15/h8-9,11,14-15,17,24H,3-7,10,12-13,28H2,1-2H3,(H,29,32)/t14-,17?/m0/s1. The maximum absolute atomic E-state index is 13.1. The third-order valence-electron chi connectivity index (χ3n) is 6.39. The lowest BCUT2D eigenvalue weighted by atomic mass is 10.0. The molecule has 1 aliphatic heterocycles. The van der Waals surface area contributed by atoms with E-state index in [1.807, 2.05) is 0 Å². The predicted molar refractivity (Wildman–Crippen MR) is 128 cm³/mol. The van der Waals surface area contributed by atoms with Crippen LogP contribution in [0.3, 0.4) is 0 Å². The van der Waals surface area contributed by atoms with E-state index in [0.29, 0.717) is 24.6 Å². The number of methoxy groups -OCH3 is 1. The second-order valence-electron chi connectivity index (χ2n) is 9.34. The van der Waals surface area contributed by atoms with Gasteiger partial charge in [0.1, 0.15) is 0 Å². The highest BCUT2D eigenvalue weighted by molar-refractivity contribution is 5.94. The van der Waals surface area contributed by atoms with Gasteiger partial charge in [0, 0.05) is 18.7 Å². The van der Waals surface area contributed by atoms with E-state index in [9.17, 15) is 18.4 Å². The van der Waals surface area contributed by atoms with Gasteiger partial charge < -0.3 is 34.6 Å². The molecule has 37 heavy (non-hydrogen) atoms. The van der Waals surface area contributed by atoms with Crippen molar-refractivity contribution >= 4 is 12.0 Å². The summed E-state index contributed by atoms with van der Waals surface area (Å²) in [6.45, 7) is -0.187. The maximum Gasteiger partial charge on any atom is 0.409 e. The molecule has 0 bridgehead atoms. The monoisotopic (exact) mass is 522 g/mol. The number of aromatic nitrogens is 1. The molecule has 4 rings (SSSR count). The van der Waals surface area contributed by atoms with Crippen LogP contribution in [0, 0.1) is 5.92 Å². The minimum Gasteiger partial charge on any atom is -0.489 e. The molecule has 0 radical (unpaired) electrons. The van der Waals surface area contributed by atoms with E-state index >= 15 is 0 Å². The van der Waals surface area contributed by atoms with Crippen LogP contribution in [-0.2, 0) is 4.74 Å². The number of ether oxygens (including phenoxy) is 3. The fourth-order valence-corrected chi connectivity index (χ4v) is 4.23. The van der Waals surface area contributed by atoms with Crippen molar-refractivity contribution in [1.82, 2.24) is 15.2 Å². The number of rotatable bonds is 10. The molecule has 3 N–H and O–H groups in total. The Morgan fingerprint density at radius 2 is 2.03 bits per heavy atom. The molecule has 1 aliphatic carbocycles. The Bertz CT molecular complexity index is 1100. The quantitative estimate of drug-likeness (QED) is 0.477. The first kappa shape index (κ1) is 26.6. The number of piperidine rings is 1. The number of carbonyl (C=O) groups excluding carboxylic acids is 2. The zero-order chi connectivity index (χ0) is 26.5. The summed E-state index contributed by atoms with van der Waals surface area (Å²) in [4.78, 5) is 31.1. The Hall–Kier alpha value is -3.41. The van der Waals surface area contributed by atoms with Crippen molar-refractivity contribution in [2.24, 2.45) is 11.7 Å². The number of hydrogen-bond donors (Lipinski definition) is 2. The summed E-state index contributed by atoms with van der Waals surface area (Å²) >= 11 is 0. The zero-order valence-corrected chi connectivity index (χ0v) is 20.9. The number of benzene rings is 1. The fraction of sp³-hybridized carbons (Fsp3) is 0.560. The lowest BCUT2D eigenvalue weighted by Crippen LogP contribution is -2.49. The first-order valence-electron chi connectivity index (χ1n) is 12.4. The average molecular weight is 523 g/mol. The number of carbonyl (C=O) groups is 2. The summed E-state index contributed by atoms with van der Waals surface area (Å²) < 4.78 is 46.7. The van der Waals surface area contributed by atoms with Gasteiger partial charge in [-0.2, -0.15) is 8.78 Å². The molecule has 12 heteroatoms. The van der Waals surface area contributed by atoms with Gasteiger partial charge in [-0.1, -0.05) is 0 Å². The highest BCUT2D eigenvalue weighted by atomic mass is 19.3. The summed E-state index contributed by atoms with van der Waals surface area (Å²) in [5.41, 5.74) is 6.48. The highest BCUT2D eigenvalue weighted by Gasteiger charge is 2.30. The molecule has 1 saturated carbocycles. The molecule has 10 nitrogen and oxygen atoms in total. The summed E-state index contributed by atoms with van der Waals surface area (Å²) in [5, 5.41) is 2.83. The van der Waals surface area contributed by atoms with Crippen LogP contribution < -0.4 is 20.5 Å². The van der Waals surface area contributed by atoms with Crippen molar-refractivity contribution in [1.29, 1.82) is 0 Å². The molecular weight excluding hydrogens is 490 g/mol. The number of alkyl halides is 2. The van der Waals surface area contributed by atoms with Crippen LogP contribution in [-0.4, -0.2) is 61.3 Å². The number of hydrogen-bond acceptors (Lipinski definition) is 8. The molecule has 1 aromatic carbocycles. The van der Waals surface area contributed by atoms with Gasteiger partial charge in [0.25, 0.3) is 5.91 Å². The molecular formula is C25H32F2N4O6. The Morgan fingerprint density at radius 1 is 1.24 bits per heavy atom. The average Bonchev–Trinajstić information content (AvgIpc) is 3.60. The van der Waals surface area contributed by atoms with E-state index in [1.54, 1.807) is 11.8 Å². The molecule has 2 atom stereocenters. The van der Waals surface area contributed by atoms with E-state index in [2.05, 4.69) is 15.0 Å². The minimum absolute atomic E-state index is 0.0128. The van der Waals surface area contributed by atoms with Gasteiger partial charge in [-0.25, -0.2) is 9.78 Å². The van der Waals surface area contributed by atoms with Crippen LogP contribution in [0.1, 0.15) is 61.3 Å². The smallest absolute Gasteiger partial charge is 0.409 e. The first-order valence-corrected chi connectivity index (χ1v) is 12.4. The van der Waals surface area contributed by atoms with Crippen molar-refractivity contribution in [3.63, 3.8) is 0 Å². The van der Waals surface area contributed by atoms with Crippen LogP contribution >= 0.6 is 0 Å². The number of nitrogens with zero attached hydrogens (tertiary/aromatic N) is 2. The molecule has 1 saturated heterocycles. The SMILES string of the molecule is COC(=O)N1CCCCC1CNC(=O)c1nc(-c2ccc(OC(F)F)c(OCC3CC3)c2)oc1[C@H](C)N. The zero-order valence-electron chi connectivity index (χ0n) is 20.9. The predicted octanol–water partition coefficient (Wildman–Crippen LogP) is 4.10. The van der Waals surface area contributed by atoms with Crippen molar-refractivity contribution in [2.45, 2.75) is 57.7 Å². The van der Waals surface area contributed by atoms with Crippen LogP contribution in [0.4, 0.5) is 13.6 Å². The summed E-state index contributed by atoms with van der Waals surface area (Å²) in [6.07, 6.45) is 4.16. The van der Waals surface area contributed by atoms with Crippen LogP contribution in [0.5, 0.6) is 11.5 Å². The van der Waals surface area contributed by atoms with E-state index < -0.39 is 24.7 Å². The van der Waals surface area contributed by atoms with Gasteiger partial charge in [-0.05, 0) is 63.1 Å². The topological polar surface area (TPSA) is 129 Å². The van der Waals surface area contributed by atoms with E-state index in [0.717, 1.165) is 32.1 Å². The second-order valence-corrected chi connectivity index (χ2v) is 9.34. The maximum atomic E-state index is 13.1. The molecule has 2 amide bonds. The van der Waals surface area contributed by atoms with Crippen molar-refractivity contribution < 1.29 is 37.0 Å². The second kappa shape index (κ2) is 11.8. The van der Waals surface area contributed by atoms with Gasteiger partial charge >= 0.3 is 12.7 Å². The Kier molecular flexibility index (Phi) is 8.47. The number of halogens is 2. The fourth-order valence-electron chi connectivity index (χ4n) is 4.23. The third kappa shape index (κ3) is 6.68. The molecule has 0 spiro atoms. The van der Waals surface area contributed by atoms with Gasteiger partial charge in [-0.15, -0.1) is 0 Å². The Balaban J connectivity index is 1.53. The normalized spacial score (nSPS) is 18.4. The molecule has 1 unspecified atom stereocenters. The first-order chi connectivity index (χ1) is 17.8. The van der Waals surface area contributed by atoms with Gasteiger partial charge in [0.15, 0.2) is 23.0 Å². The van der Waals surface area contributed by atoms with Crippen LogP contribution in [0.15, 0.2) is 22.6 Å². The molecule has 2 aliphatic rings. The van der Waals surface area contributed by atoms with Crippen molar-refractivity contribution in [3.05, 3.63) is 29.7 Å². The number of nitrogens with one attached hydrogen (secondary N) is 1. The largest absolute Gasteiger partial charge is 0.489 e. The highest BCUT2D eigenvalue weighted by Crippen LogP contribution is 2.37. The summed E-state index contributed by atoms with van der Waals surface area (Å²) in [5.74, 6) is 0.195. The molecule has 2 heterocycles. The van der Waals surface area contributed by atoms with Gasteiger partial charge in [0.2, 0.25) is 5.89 Å². The number of oxazole rings is 1. The number of amides is 2. The lowest BCUT2D eigenvalue weighted by molar-refractivity contribution is -0.0515. The summed E-state index contributed by atoms with van der Waals surface area (Å²) in [6, 6.07) is 3.49. The van der Waals surface area contributed by atoms with Gasteiger partial charge in [0.05, 0.1) is 25.8 Å². The molecule has 1 aromatic heterocycles. The third-order valence-corrected chi connectivity index (χ3v) is 6.39. The number of likely N-dealkylation sites (tertiary alicyclic amines) is 1. The Labute approximate surface area is 213 Å². The van der Waals surface area contributed by atoms with Crippen LogP contribution in [0.2, 0.25) is 0 Å². The molecule has 2 fully saturated rings. The van der Waals surface area contributed by atoms with Crippen LogP contribution in [0.25, 0.3) is 11.5 Å². The van der Waals surface area contributed by atoms with E-state index in [4.69, 9.17) is 19.6 Å². The van der Waals surface area contributed by atoms with E-state index in [1.165, 1.54) is 25.3 Å². The lowest BCUT2D eigenvalue weighted by Gasteiger charge is -2.34. The number of nitrogens with two attached hydrogens (primary N) is 1.